The van der Waals surface area contributed by atoms with Gasteiger partial charge in [0.2, 0.25) is 0 Å². The van der Waals surface area contributed by atoms with Crippen LogP contribution in [-0.4, -0.2) is 34.6 Å². The zero-order valence-corrected chi connectivity index (χ0v) is 17.1. The quantitative estimate of drug-likeness (QED) is 0.514. The standard InChI is InChI=1S/C23H23FN4O2/c1-13-6-19(24)22-26-20(12-28(22)9-13)18-7-16-4-5-17(8-21(16)30-23(18)29)27-10-14(2)25-15(3)11-27/h4-9,12,14-15,25H,10-11H2,1-3H3. The molecule has 1 fully saturated rings. The van der Waals surface area contributed by atoms with Gasteiger partial charge in [-0.2, -0.15) is 0 Å². The predicted molar refractivity (Wildman–Crippen MR) is 116 cm³/mol. The molecular formula is C23H23FN4O2. The molecule has 1 aliphatic heterocycles. The summed E-state index contributed by atoms with van der Waals surface area (Å²) in [5, 5.41) is 4.32. The highest BCUT2D eigenvalue weighted by Gasteiger charge is 2.22. The third-order valence-corrected chi connectivity index (χ3v) is 5.56. The van der Waals surface area contributed by atoms with Gasteiger partial charge < -0.3 is 19.0 Å². The lowest BCUT2D eigenvalue weighted by Crippen LogP contribution is -2.54. The first-order chi connectivity index (χ1) is 14.4. The molecule has 1 aliphatic rings. The number of rotatable bonds is 2. The lowest BCUT2D eigenvalue weighted by atomic mass is 10.1. The number of fused-ring (bicyclic) bond motifs is 2. The minimum atomic E-state index is -0.484. The second kappa shape index (κ2) is 6.95. The molecule has 3 aromatic heterocycles. The zero-order chi connectivity index (χ0) is 21.0. The Hall–Kier alpha value is -3.19. The van der Waals surface area contributed by atoms with Crippen LogP contribution in [0, 0.1) is 12.7 Å². The predicted octanol–water partition coefficient (Wildman–Crippen LogP) is 3.74. The van der Waals surface area contributed by atoms with E-state index in [9.17, 15) is 9.18 Å². The Balaban J connectivity index is 1.56. The zero-order valence-electron chi connectivity index (χ0n) is 17.1. The van der Waals surface area contributed by atoms with Crippen molar-refractivity contribution in [1.82, 2.24) is 14.7 Å². The highest BCUT2D eigenvalue weighted by molar-refractivity contribution is 5.84. The SMILES string of the molecule is Cc1cc(F)c2nc(-c3cc4ccc(N5CC(C)NC(C)C5)cc4oc3=O)cn2c1. The van der Waals surface area contributed by atoms with Crippen molar-refractivity contribution >= 4 is 22.3 Å². The molecule has 0 amide bonds. The highest BCUT2D eigenvalue weighted by atomic mass is 19.1. The van der Waals surface area contributed by atoms with E-state index in [2.05, 4.69) is 29.0 Å². The Morgan fingerprint density at radius 2 is 1.90 bits per heavy atom. The molecule has 1 aromatic carbocycles. The maximum Gasteiger partial charge on any atom is 0.345 e. The second-order valence-electron chi connectivity index (χ2n) is 8.27. The van der Waals surface area contributed by atoms with Crippen LogP contribution in [0.3, 0.4) is 0 Å². The van der Waals surface area contributed by atoms with Crippen LogP contribution in [0.15, 0.2) is 51.9 Å². The third-order valence-electron chi connectivity index (χ3n) is 5.56. The van der Waals surface area contributed by atoms with Crippen molar-refractivity contribution in [3.63, 3.8) is 0 Å². The largest absolute Gasteiger partial charge is 0.422 e. The van der Waals surface area contributed by atoms with Gasteiger partial charge in [-0.15, -0.1) is 0 Å². The molecule has 0 aliphatic carbocycles. The van der Waals surface area contributed by atoms with E-state index in [0.717, 1.165) is 29.7 Å². The van der Waals surface area contributed by atoms with Crippen LogP contribution in [0.5, 0.6) is 0 Å². The smallest absolute Gasteiger partial charge is 0.345 e. The van der Waals surface area contributed by atoms with Crippen LogP contribution < -0.4 is 15.8 Å². The maximum atomic E-state index is 14.2. The number of hydrogen-bond acceptors (Lipinski definition) is 5. The van der Waals surface area contributed by atoms with Gasteiger partial charge in [0.25, 0.3) is 0 Å². The van der Waals surface area contributed by atoms with E-state index in [-0.39, 0.29) is 5.65 Å². The summed E-state index contributed by atoms with van der Waals surface area (Å²) in [7, 11) is 0. The number of piperazine rings is 1. The molecule has 0 radical (unpaired) electrons. The van der Waals surface area contributed by atoms with Crippen LogP contribution in [0.4, 0.5) is 10.1 Å². The van der Waals surface area contributed by atoms with Crippen LogP contribution in [0.2, 0.25) is 0 Å². The summed E-state index contributed by atoms with van der Waals surface area (Å²) in [4.78, 5) is 19.3. The van der Waals surface area contributed by atoms with E-state index in [1.54, 1.807) is 22.9 Å². The number of imidazole rings is 1. The van der Waals surface area contributed by atoms with E-state index in [1.165, 1.54) is 6.07 Å². The van der Waals surface area contributed by atoms with Crippen molar-refractivity contribution in [3.8, 4) is 11.3 Å². The normalized spacial score (nSPS) is 19.7. The Kier molecular flexibility index (Phi) is 4.36. The molecule has 154 valence electrons. The number of pyridine rings is 1. The second-order valence-corrected chi connectivity index (χ2v) is 8.27. The number of aryl methyl sites for hydroxylation is 1. The molecule has 4 heterocycles. The van der Waals surface area contributed by atoms with Crippen LogP contribution in [0.25, 0.3) is 27.9 Å². The first-order valence-corrected chi connectivity index (χ1v) is 10.1. The summed E-state index contributed by atoms with van der Waals surface area (Å²) in [6.07, 6.45) is 3.43. The van der Waals surface area contributed by atoms with Gasteiger partial charge in [-0.1, -0.05) is 0 Å². The van der Waals surface area contributed by atoms with Gasteiger partial charge in [0.1, 0.15) is 5.58 Å². The maximum absolute atomic E-state index is 14.2. The van der Waals surface area contributed by atoms with Crippen LogP contribution in [0.1, 0.15) is 19.4 Å². The molecule has 30 heavy (non-hydrogen) atoms. The van der Waals surface area contributed by atoms with Gasteiger partial charge in [-0.3, -0.25) is 0 Å². The Morgan fingerprint density at radius 3 is 2.67 bits per heavy atom. The summed E-state index contributed by atoms with van der Waals surface area (Å²) in [5.74, 6) is -0.421. The van der Waals surface area contributed by atoms with Gasteiger partial charge in [0, 0.05) is 54.7 Å². The van der Waals surface area contributed by atoms with Gasteiger partial charge in [0.15, 0.2) is 11.5 Å². The molecule has 1 saturated heterocycles. The average Bonchev–Trinajstić information content (AvgIpc) is 3.10. The molecule has 2 atom stereocenters. The van der Waals surface area contributed by atoms with Gasteiger partial charge in [0.05, 0.1) is 11.3 Å². The lowest BCUT2D eigenvalue weighted by Gasteiger charge is -2.37. The van der Waals surface area contributed by atoms with Crippen molar-refractivity contribution in [2.45, 2.75) is 32.9 Å². The number of nitrogens with one attached hydrogen (secondary N) is 1. The van der Waals surface area contributed by atoms with E-state index >= 15 is 0 Å². The van der Waals surface area contributed by atoms with Gasteiger partial charge >= 0.3 is 5.63 Å². The number of hydrogen-bond donors (Lipinski definition) is 1. The summed E-state index contributed by atoms with van der Waals surface area (Å²) in [5.41, 5.74) is 2.76. The van der Waals surface area contributed by atoms with Crippen LogP contribution in [-0.2, 0) is 0 Å². The lowest BCUT2D eigenvalue weighted by molar-refractivity contribution is 0.407. The first kappa shape index (κ1) is 18.8. The van der Waals surface area contributed by atoms with E-state index in [4.69, 9.17) is 4.42 Å². The fourth-order valence-electron chi connectivity index (χ4n) is 4.33. The van der Waals surface area contributed by atoms with Crippen molar-refractivity contribution in [1.29, 1.82) is 0 Å². The van der Waals surface area contributed by atoms with Crippen LogP contribution >= 0.6 is 0 Å². The topological polar surface area (TPSA) is 62.8 Å². The number of aromatic nitrogens is 2. The summed E-state index contributed by atoms with van der Waals surface area (Å²) in [6.45, 7) is 7.92. The fraction of sp³-hybridized carbons (Fsp3) is 0.304. The number of halogens is 1. The highest BCUT2D eigenvalue weighted by Crippen LogP contribution is 2.26. The number of nitrogens with zero attached hydrogens (tertiary/aromatic N) is 3. The minimum absolute atomic E-state index is 0.187. The average molecular weight is 406 g/mol. The summed E-state index contributed by atoms with van der Waals surface area (Å²) in [6, 6.07) is 9.88. The number of benzene rings is 1. The summed E-state index contributed by atoms with van der Waals surface area (Å²) < 4.78 is 21.5. The third kappa shape index (κ3) is 3.25. The Labute approximate surface area is 172 Å². The van der Waals surface area contributed by atoms with E-state index < -0.39 is 11.4 Å². The van der Waals surface area contributed by atoms with Crippen molar-refractivity contribution in [3.05, 3.63) is 64.5 Å². The number of anilines is 1. The van der Waals surface area contributed by atoms with Crippen molar-refractivity contribution in [2.24, 2.45) is 0 Å². The molecular weight excluding hydrogens is 383 g/mol. The Bertz CT molecular complexity index is 1320. The molecule has 0 spiro atoms. The minimum Gasteiger partial charge on any atom is -0.422 e. The molecule has 5 rings (SSSR count). The molecule has 6 nitrogen and oxygen atoms in total. The van der Waals surface area contributed by atoms with Crippen molar-refractivity contribution in [2.75, 3.05) is 18.0 Å². The Morgan fingerprint density at radius 1 is 1.13 bits per heavy atom. The van der Waals surface area contributed by atoms with Gasteiger partial charge in [-0.25, -0.2) is 14.2 Å². The fourth-order valence-corrected chi connectivity index (χ4v) is 4.33. The molecule has 1 N–H and O–H groups in total. The summed E-state index contributed by atoms with van der Waals surface area (Å²) >= 11 is 0. The molecule has 7 heteroatoms. The molecule has 4 aromatic rings. The van der Waals surface area contributed by atoms with Gasteiger partial charge in [-0.05, 0) is 50.6 Å². The van der Waals surface area contributed by atoms with E-state index in [0.29, 0.717) is 28.9 Å². The molecule has 0 saturated carbocycles. The van der Waals surface area contributed by atoms with Crippen molar-refractivity contribution < 1.29 is 8.81 Å². The first-order valence-electron chi connectivity index (χ1n) is 10.1. The molecule has 2 unspecified atom stereocenters. The van der Waals surface area contributed by atoms with E-state index in [1.807, 2.05) is 25.1 Å². The molecule has 0 bridgehead atoms. The monoisotopic (exact) mass is 406 g/mol.